The quantitative estimate of drug-likeness (QED) is 0.816. The number of carbonyl (C=O) groups is 1. The minimum absolute atomic E-state index is 0.0964. The standard InChI is InChI=1S/C18H20N2O4S2/c1-12(21)19-16-8-7-13(11-17(16)24-2)26(22,23)20-15-9-10-25-18-6-4-3-5-14(15)18/h3-8,11,15,20H,9-10H2,1-2H3,(H,19,21)/t15-/m1/s1. The topological polar surface area (TPSA) is 84.5 Å². The van der Waals surface area contributed by atoms with E-state index in [-0.39, 0.29) is 16.8 Å². The number of thioether (sulfide) groups is 1. The maximum absolute atomic E-state index is 12.9. The van der Waals surface area contributed by atoms with Crippen LogP contribution in [0.5, 0.6) is 5.75 Å². The summed E-state index contributed by atoms with van der Waals surface area (Å²) in [6.45, 7) is 1.38. The first-order chi connectivity index (χ1) is 12.4. The highest BCUT2D eigenvalue weighted by molar-refractivity contribution is 7.99. The lowest BCUT2D eigenvalue weighted by Crippen LogP contribution is -2.30. The van der Waals surface area contributed by atoms with Gasteiger partial charge < -0.3 is 10.1 Å². The van der Waals surface area contributed by atoms with E-state index in [2.05, 4.69) is 10.0 Å². The summed E-state index contributed by atoms with van der Waals surface area (Å²) < 4.78 is 33.7. The second kappa shape index (κ2) is 7.69. The van der Waals surface area contributed by atoms with Crippen molar-refractivity contribution in [2.45, 2.75) is 29.2 Å². The summed E-state index contributed by atoms with van der Waals surface area (Å²) in [5.74, 6) is 0.894. The molecule has 0 aromatic heterocycles. The Morgan fingerprint density at radius 3 is 2.73 bits per heavy atom. The zero-order valence-corrected chi connectivity index (χ0v) is 16.1. The lowest BCUT2D eigenvalue weighted by Gasteiger charge is -2.25. The van der Waals surface area contributed by atoms with Gasteiger partial charge in [-0.2, -0.15) is 0 Å². The van der Waals surface area contributed by atoms with E-state index in [9.17, 15) is 13.2 Å². The molecular formula is C18H20N2O4S2. The summed E-state index contributed by atoms with van der Waals surface area (Å²) in [5.41, 5.74) is 1.42. The molecule has 0 unspecified atom stereocenters. The fourth-order valence-electron chi connectivity index (χ4n) is 2.85. The van der Waals surface area contributed by atoms with Crippen molar-refractivity contribution in [2.24, 2.45) is 0 Å². The predicted molar refractivity (Wildman–Crippen MR) is 102 cm³/mol. The normalized spacial score (nSPS) is 16.6. The van der Waals surface area contributed by atoms with Gasteiger partial charge in [-0.15, -0.1) is 11.8 Å². The number of benzene rings is 2. The van der Waals surface area contributed by atoms with Gasteiger partial charge in [0.15, 0.2) is 0 Å². The molecule has 1 atom stereocenters. The van der Waals surface area contributed by atoms with E-state index in [0.717, 1.165) is 22.6 Å². The van der Waals surface area contributed by atoms with E-state index < -0.39 is 10.0 Å². The minimum Gasteiger partial charge on any atom is -0.495 e. The zero-order valence-electron chi connectivity index (χ0n) is 14.5. The molecule has 1 heterocycles. The first kappa shape index (κ1) is 18.8. The van der Waals surface area contributed by atoms with Crippen molar-refractivity contribution in [3.8, 4) is 5.75 Å². The van der Waals surface area contributed by atoms with Crippen LogP contribution in [0.15, 0.2) is 52.3 Å². The van der Waals surface area contributed by atoms with Crippen LogP contribution >= 0.6 is 11.8 Å². The van der Waals surface area contributed by atoms with Gasteiger partial charge in [0.05, 0.1) is 17.7 Å². The summed E-state index contributed by atoms with van der Waals surface area (Å²) in [4.78, 5) is 12.4. The number of amides is 1. The van der Waals surface area contributed by atoms with Crippen molar-refractivity contribution in [3.63, 3.8) is 0 Å². The number of carbonyl (C=O) groups excluding carboxylic acids is 1. The fourth-order valence-corrected chi connectivity index (χ4v) is 5.24. The van der Waals surface area contributed by atoms with Gasteiger partial charge in [0.1, 0.15) is 5.75 Å². The van der Waals surface area contributed by atoms with E-state index >= 15 is 0 Å². The van der Waals surface area contributed by atoms with Gasteiger partial charge in [0.2, 0.25) is 15.9 Å². The molecule has 0 fully saturated rings. The number of fused-ring (bicyclic) bond motifs is 1. The van der Waals surface area contributed by atoms with Gasteiger partial charge in [-0.05, 0) is 35.9 Å². The highest BCUT2D eigenvalue weighted by Crippen LogP contribution is 2.37. The molecule has 0 spiro atoms. The smallest absolute Gasteiger partial charge is 0.241 e. The Labute approximate surface area is 157 Å². The van der Waals surface area contributed by atoms with Crippen LogP contribution in [0.2, 0.25) is 0 Å². The Morgan fingerprint density at radius 2 is 2.00 bits per heavy atom. The molecule has 0 bridgehead atoms. The molecule has 0 saturated heterocycles. The molecule has 3 rings (SSSR count). The largest absolute Gasteiger partial charge is 0.495 e. The van der Waals surface area contributed by atoms with E-state index in [1.165, 1.54) is 32.2 Å². The SMILES string of the molecule is COc1cc(S(=O)(=O)N[C@@H]2CCSc3ccccc32)ccc1NC(C)=O. The van der Waals surface area contributed by atoms with Crippen molar-refractivity contribution in [3.05, 3.63) is 48.0 Å². The molecule has 2 aromatic rings. The molecule has 1 aliphatic rings. The Kier molecular flexibility index (Phi) is 5.55. The molecular weight excluding hydrogens is 372 g/mol. The van der Waals surface area contributed by atoms with Crippen LogP contribution in [0.1, 0.15) is 24.9 Å². The second-order valence-corrected chi connectivity index (χ2v) is 8.74. The van der Waals surface area contributed by atoms with Crippen molar-refractivity contribution in [1.82, 2.24) is 4.72 Å². The van der Waals surface area contributed by atoms with E-state index in [1.54, 1.807) is 11.8 Å². The molecule has 8 heteroatoms. The highest BCUT2D eigenvalue weighted by Gasteiger charge is 2.26. The number of anilines is 1. The molecule has 138 valence electrons. The third-order valence-corrected chi connectivity index (χ3v) is 6.64. The molecule has 2 aromatic carbocycles. The monoisotopic (exact) mass is 392 g/mol. The molecule has 26 heavy (non-hydrogen) atoms. The number of hydrogen-bond acceptors (Lipinski definition) is 5. The maximum atomic E-state index is 12.9. The Bertz CT molecular complexity index is 929. The number of hydrogen-bond donors (Lipinski definition) is 2. The van der Waals surface area contributed by atoms with Crippen LogP contribution in [-0.4, -0.2) is 27.2 Å². The van der Waals surface area contributed by atoms with E-state index in [1.807, 2.05) is 24.3 Å². The van der Waals surface area contributed by atoms with Gasteiger partial charge in [-0.25, -0.2) is 13.1 Å². The third-order valence-electron chi connectivity index (χ3n) is 4.05. The Morgan fingerprint density at radius 1 is 1.23 bits per heavy atom. The highest BCUT2D eigenvalue weighted by atomic mass is 32.2. The molecule has 0 radical (unpaired) electrons. The van der Waals surface area contributed by atoms with E-state index in [0.29, 0.717) is 11.4 Å². The average molecular weight is 393 g/mol. The van der Waals surface area contributed by atoms with E-state index in [4.69, 9.17) is 4.74 Å². The van der Waals surface area contributed by atoms with Crippen LogP contribution < -0.4 is 14.8 Å². The van der Waals surface area contributed by atoms with Crippen molar-refractivity contribution in [1.29, 1.82) is 0 Å². The van der Waals surface area contributed by atoms with Gasteiger partial charge in [-0.3, -0.25) is 4.79 Å². The summed E-state index contributed by atoms with van der Waals surface area (Å²) in [6.07, 6.45) is 0.724. The van der Waals surface area contributed by atoms with Gasteiger partial charge in [-0.1, -0.05) is 18.2 Å². The fraction of sp³-hybridized carbons (Fsp3) is 0.278. The first-order valence-electron chi connectivity index (χ1n) is 8.10. The summed E-state index contributed by atoms with van der Waals surface area (Å²) in [5, 5.41) is 2.62. The number of ether oxygens (including phenoxy) is 1. The summed E-state index contributed by atoms with van der Waals surface area (Å²) in [7, 11) is -2.30. The molecule has 6 nitrogen and oxygen atoms in total. The second-order valence-electron chi connectivity index (χ2n) is 5.89. The summed E-state index contributed by atoms with van der Waals surface area (Å²) >= 11 is 1.73. The van der Waals surface area contributed by atoms with Crippen LogP contribution in [-0.2, 0) is 14.8 Å². The summed E-state index contributed by atoms with van der Waals surface area (Å²) in [6, 6.07) is 12.0. The predicted octanol–water partition coefficient (Wildman–Crippen LogP) is 3.17. The number of sulfonamides is 1. The zero-order chi connectivity index (χ0) is 18.7. The molecule has 2 N–H and O–H groups in total. The first-order valence-corrected chi connectivity index (χ1v) is 10.6. The lowest BCUT2D eigenvalue weighted by atomic mass is 10.1. The number of rotatable bonds is 5. The van der Waals surface area contributed by atoms with Gasteiger partial charge >= 0.3 is 0 Å². The Hall–Kier alpha value is -2.03. The number of methoxy groups -OCH3 is 1. The maximum Gasteiger partial charge on any atom is 0.241 e. The van der Waals surface area contributed by atoms with Crippen molar-refractivity contribution < 1.29 is 17.9 Å². The van der Waals surface area contributed by atoms with Crippen LogP contribution in [0.3, 0.4) is 0 Å². The van der Waals surface area contributed by atoms with Crippen LogP contribution in [0.25, 0.3) is 0 Å². The van der Waals surface area contributed by atoms with Crippen LogP contribution in [0, 0.1) is 0 Å². The molecule has 1 amide bonds. The molecule has 0 saturated carbocycles. The lowest BCUT2D eigenvalue weighted by molar-refractivity contribution is -0.114. The van der Waals surface area contributed by atoms with Crippen LogP contribution in [0.4, 0.5) is 5.69 Å². The van der Waals surface area contributed by atoms with Crippen molar-refractivity contribution in [2.75, 3.05) is 18.2 Å². The average Bonchev–Trinajstić information content (AvgIpc) is 2.61. The van der Waals surface area contributed by atoms with Crippen molar-refractivity contribution >= 4 is 33.4 Å². The third kappa shape index (κ3) is 4.03. The van der Waals surface area contributed by atoms with Gasteiger partial charge in [0.25, 0.3) is 0 Å². The molecule has 1 aliphatic heterocycles. The minimum atomic E-state index is -3.73. The molecule has 0 aliphatic carbocycles. The van der Waals surface area contributed by atoms with Gasteiger partial charge in [0, 0.05) is 23.9 Å². The number of nitrogens with one attached hydrogen (secondary N) is 2. The Balaban J connectivity index is 1.88.